The summed E-state index contributed by atoms with van der Waals surface area (Å²) < 4.78 is 1.71. The Kier molecular flexibility index (Phi) is 5.70. The summed E-state index contributed by atoms with van der Waals surface area (Å²) in [6.45, 7) is 1.70. The van der Waals surface area contributed by atoms with Gasteiger partial charge >= 0.3 is 0 Å². The Bertz CT molecular complexity index is 1090. The van der Waals surface area contributed by atoms with Gasteiger partial charge in [-0.3, -0.25) is 4.79 Å². The average molecular weight is 434 g/mol. The van der Waals surface area contributed by atoms with E-state index in [1.807, 2.05) is 29.2 Å². The molecular formula is C24H31N7O. The summed E-state index contributed by atoms with van der Waals surface area (Å²) in [5.74, 6) is 0.932. The first-order valence-corrected chi connectivity index (χ1v) is 11.6. The van der Waals surface area contributed by atoms with E-state index >= 15 is 0 Å². The fourth-order valence-corrected chi connectivity index (χ4v) is 5.04. The molecular weight excluding hydrogens is 402 g/mol. The van der Waals surface area contributed by atoms with Crippen LogP contribution in [-0.4, -0.2) is 44.5 Å². The minimum Gasteiger partial charge on any atom is -0.382 e. The van der Waals surface area contributed by atoms with Gasteiger partial charge in [0.15, 0.2) is 5.65 Å². The van der Waals surface area contributed by atoms with E-state index in [1.54, 1.807) is 16.9 Å². The van der Waals surface area contributed by atoms with Gasteiger partial charge in [0.05, 0.1) is 5.69 Å². The molecule has 168 valence electrons. The van der Waals surface area contributed by atoms with Crippen LogP contribution >= 0.6 is 0 Å². The van der Waals surface area contributed by atoms with Crippen molar-refractivity contribution in [2.45, 2.75) is 56.9 Å². The Morgan fingerprint density at radius 3 is 2.47 bits per heavy atom. The molecule has 1 aromatic carbocycles. The van der Waals surface area contributed by atoms with Crippen LogP contribution in [0.25, 0.3) is 5.65 Å². The number of nitrogen functional groups attached to an aromatic ring is 1. The van der Waals surface area contributed by atoms with E-state index < -0.39 is 0 Å². The molecule has 2 aromatic heterocycles. The van der Waals surface area contributed by atoms with E-state index in [4.69, 9.17) is 11.5 Å². The number of benzene rings is 1. The Labute approximate surface area is 188 Å². The van der Waals surface area contributed by atoms with Crippen molar-refractivity contribution in [1.29, 1.82) is 0 Å². The van der Waals surface area contributed by atoms with Gasteiger partial charge in [0.1, 0.15) is 5.82 Å². The first-order chi connectivity index (χ1) is 15.6. The zero-order valence-electron chi connectivity index (χ0n) is 18.3. The van der Waals surface area contributed by atoms with E-state index in [2.05, 4.69) is 15.4 Å². The van der Waals surface area contributed by atoms with Gasteiger partial charge < -0.3 is 21.7 Å². The van der Waals surface area contributed by atoms with Crippen molar-refractivity contribution >= 4 is 28.7 Å². The van der Waals surface area contributed by atoms with Gasteiger partial charge in [-0.05, 0) is 75.1 Å². The quantitative estimate of drug-likeness (QED) is 0.578. The minimum absolute atomic E-state index is 0.110. The van der Waals surface area contributed by atoms with Gasteiger partial charge in [-0.25, -0.2) is 9.50 Å². The van der Waals surface area contributed by atoms with Crippen molar-refractivity contribution in [3.8, 4) is 0 Å². The second-order valence-corrected chi connectivity index (χ2v) is 9.04. The number of carbonyl (C=O) groups excluding carboxylic acids is 1. The lowest BCUT2D eigenvalue weighted by molar-refractivity contribution is 0.0724. The molecule has 1 saturated heterocycles. The van der Waals surface area contributed by atoms with Crippen LogP contribution in [0.2, 0.25) is 0 Å². The molecule has 0 radical (unpaired) electrons. The molecule has 8 nitrogen and oxygen atoms in total. The Hall–Kier alpha value is -3.13. The zero-order valence-corrected chi connectivity index (χ0v) is 18.3. The number of aromatic nitrogens is 3. The van der Waals surface area contributed by atoms with E-state index in [1.165, 1.54) is 6.42 Å². The van der Waals surface area contributed by atoms with Crippen LogP contribution in [0.5, 0.6) is 0 Å². The third-order valence-corrected chi connectivity index (χ3v) is 6.83. The van der Waals surface area contributed by atoms with Crippen LogP contribution in [-0.2, 0) is 0 Å². The number of hydrogen-bond donors (Lipinski definition) is 3. The number of carbonyl (C=O) groups is 1. The summed E-state index contributed by atoms with van der Waals surface area (Å²) in [4.78, 5) is 19.3. The predicted octanol–water partition coefficient (Wildman–Crippen LogP) is 3.67. The maximum absolute atomic E-state index is 12.8. The van der Waals surface area contributed by atoms with Crippen molar-refractivity contribution in [2.24, 2.45) is 5.73 Å². The number of imidazole rings is 1. The van der Waals surface area contributed by atoms with E-state index in [9.17, 15) is 4.79 Å². The molecule has 0 spiro atoms. The molecule has 5 N–H and O–H groups in total. The molecule has 0 atom stereocenters. The molecule has 1 aliphatic heterocycles. The molecule has 32 heavy (non-hydrogen) atoms. The van der Waals surface area contributed by atoms with Crippen molar-refractivity contribution in [3.63, 3.8) is 0 Å². The minimum atomic E-state index is 0.110. The van der Waals surface area contributed by atoms with Gasteiger partial charge in [0, 0.05) is 48.3 Å². The number of rotatable bonds is 4. The maximum atomic E-state index is 12.8. The molecule has 1 aliphatic carbocycles. The lowest BCUT2D eigenvalue weighted by Gasteiger charge is -2.29. The SMILES string of the molecule is Nc1nn2ccnc2c(Nc2ccc(C(=O)N3CCCCC3)cc2)c1[C@H]1CC[C@H](N)CC1. The van der Waals surface area contributed by atoms with Gasteiger partial charge in [0.2, 0.25) is 0 Å². The molecule has 2 fully saturated rings. The summed E-state index contributed by atoms with van der Waals surface area (Å²) in [6, 6.07) is 7.95. The number of piperidine rings is 1. The topological polar surface area (TPSA) is 115 Å². The second kappa shape index (κ2) is 8.78. The first-order valence-electron chi connectivity index (χ1n) is 11.6. The van der Waals surface area contributed by atoms with Crippen LogP contribution < -0.4 is 16.8 Å². The molecule has 5 rings (SSSR count). The highest BCUT2D eigenvalue weighted by Crippen LogP contribution is 2.41. The largest absolute Gasteiger partial charge is 0.382 e. The number of likely N-dealkylation sites (tertiary alicyclic amines) is 1. The van der Waals surface area contributed by atoms with E-state index in [-0.39, 0.29) is 11.9 Å². The van der Waals surface area contributed by atoms with Crippen molar-refractivity contribution in [3.05, 3.63) is 47.8 Å². The lowest BCUT2D eigenvalue weighted by atomic mass is 9.81. The van der Waals surface area contributed by atoms with Gasteiger partial charge in [-0.1, -0.05) is 0 Å². The van der Waals surface area contributed by atoms with Crippen LogP contribution in [0.1, 0.15) is 66.8 Å². The summed E-state index contributed by atoms with van der Waals surface area (Å²) in [7, 11) is 0. The molecule has 0 unspecified atom stereocenters. The van der Waals surface area contributed by atoms with Crippen molar-refractivity contribution in [2.75, 3.05) is 24.1 Å². The Balaban J connectivity index is 1.44. The summed E-state index contributed by atoms with van der Waals surface area (Å²) in [5, 5.41) is 8.07. The Morgan fingerprint density at radius 1 is 1.03 bits per heavy atom. The number of nitrogens with two attached hydrogens (primary N) is 2. The first kappa shape index (κ1) is 20.8. The maximum Gasteiger partial charge on any atom is 0.253 e. The van der Waals surface area contributed by atoms with Gasteiger partial charge in [-0.15, -0.1) is 5.10 Å². The van der Waals surface area contributed by atoms with Crippen molar-refractivity contribution < 1.29 is 4.79 Å². The second-order valence-electron chi connectivity index (χ2n) is 9.04. The zero-order chi connectivity index (χ0) is 22.1. The monoisotopic (exact) mass is 433 g/mol. The number of nitrogens with zero attached hydrogens (tertiary/aromatic N) is 4. The average Bonchev–Trinajstić information content (AvgIpc) is 3.29. The standard InChI is InChI=1S/C24H31N7O/c25-18-8-4-16(5-9-18)20-21(23-27-12-15-31(23)29-22(20)26)28-19-10-6-17(7-11-19)24(32)30-13-2-1-3-14-30/h6-7,10-12,15-16,18,28H,1-5,8-9,13-14,25H2,(H2,26,29)/t16-,18-. The molecule has 3 aromatic rings. The number of nitrogens with one attached hydrogen (secondary N) is 1. The van der Waals surface area contributed by atoms with Gasteiger partial charge in [-0.2, -0.15) is 0 Å². The highest BCUT2D eigenvalue weighted by molar-refractivity contribution is 5.95. The normalized spacial score (nSPS) is 21.6. The number of anilines is 3. The summed E-state index contributed by atoms with van der Waals surface area (Å²) >= 11 is 0. The third kappa shape index (κ3) is 4.02. The fraction of sp³-hybridized carbons (Fsp3) is 0.458. The molecule has 1 saturated carbocycles. The van der Waals surface area contributed by atoms with Gasteiger partial charge in [0.25, 0.3) is 5.91 Å². The van der Waals surface area contributed by atoms with E-state index in [0.29, 0.717) is 11.7 Å². The summed E-state index contributed by atoms with van der Waals surface area (Å²) in [6.07, 6.45) is 10.9. The smallest absolute Gasteiger partial charge is 0.253 e. The van der Waals surface area contributed by atoms with Crippen LogP contribution in [0.15, 0.2) is 36.7 Å². The molecule has 2 aliphatic rings. The van der Waals surface area contributed by atoms with Crippen LogP contribution in [0.4, 0.5) is 17.2 Å². The highest BCUT2D eigenvalue weighted by Gasteiger charge is 2.27. The van der Waals surface area contributed by atoms with Crippen molar-refractivity contribution in [1.82, 2.24) is 19.5 Å². The number of amides is 1. The lowest BCUT2D eigenvalue weighted by Crippen LogP contribution is -2.35. The third-order valence-electron chi connectivity index (χ3n) is 6.83. The molecule has 8 heteroatoms. The number of fused-ring (bicyclic) bond motifs is 1. The fourth-order valence-electron chi connectivity index (χ4n) is 5.04. The van der Waals surface area contributed by atoms with E-state index in [0.717, 1.165) is 79.8 Å². The highest BCUT2D eigenvalue weighted by atomic mass is 16.2. The Morgan fingerprint density at radius 2 is 1.75 bits per heavy atom. The molecule has 3 heterocycles. The molecule has 0 bridgehead atoms. The summed E-state index contributed by atoms with van der Waals surface area (Å²) in [5.41, 5.74) is 16.8. The van der Waals surface area contributed by atoms with Crippen LogP contribution in [0, 0.1) is 0 Å². The number of hydrogen-bond acceptors (Lipinski definition) is 6. The predicted molar refractivity (Wildman–Crippen MR) is 126 cm³/mol. The van der Waals surface area contributed by atoms with Crippen LogP contribution in [0.3, 0.4) is 0 Å². The molecule has 1 amide bonds.